The molecular weight excluding hydrogens is 380 g/mol. The Kier molecular flexibility index (Phi) is 5.98. The molecular formula is C18H22N6O3S. The second-order valence-electron chi connectivity index (χ2n) is 6.38. The van der Waals surface area contributed by atoms with Crippen LogP contribution in [0.15, 0.2) is 34.6 Å². The molecule has 0 spiro atoms. The monoisotopic (exact) mass is 402 g/mol. The van der Waals surface area contributed by atoms with Crippen LogP contribution in [0.1, 0.15) is 25.0 Å². The van der Waals surface area contributed by atoms with E-state index in [1.54, 1.807) is 18.5 Å². The Hall–Kier alpha value is -2.88. The number of carbonyl (C=O) groups excluding carboxylic acids is 2. The summed E-state index contributed by atoms with van der Waals surface area (Å²) in [5, 5.41) is 17.9. The molecule has 148 valence electrons. The van der Waals surface area contributed by atoms with Gasteiger partial charge in [0.2, 0.25) is 5.16 Å². The number of tetrazole rings is 1. The number of nitrogens with one attached hydrogen (secondary N) is 2. The number of urea groups is 1. The van der Waals surface area contributed by atoms with Crippen LogP contribution >= 0.6 is 11.8 Å². The molecule has 0 radical (unpaired) electrons. The molecule has 1 aromatic carbocycles. The van der Waals surface area contributed by atoms with Crippen molar-refractivity contribution in [3.63, 3.8) is 0 Å². The second-order valence-corrected chi connectivity index (χ2v) is 7.33. The van der Waals surface area contributed by atoms with Crippen molar-refractivity contribution in [2.24, 2.45) is 0 Å². The van der Waals surface area contributed by atoms with E-state index in [0.717, 1.165) is 16.8 Å². The first-order valence-corrected chi connectivity index (χ1v) is 9.85. The minimum Gasteiger partial charge on any atom is -0.463 e. The predicted molar refractivity (Wildman–Crippen MR) is 104 cm³/mol. The number of ether oxygens (including phenoxy) is 1. The van der Waals surface area contributed by atoms with Gasteiger partial charge in [0.15, 0.2) is 0 Å². The first-order valence-electron chi connectivity index (χ1n) is 8.87. The summed E-state index contributed by atoms with van der Waals surface area (Å²) in [6, 6.07) is 5.21. The molecule has 0 bridgehead atoms. The molecule has 3 rings (SSSR count). The zero-order valence-corrected chi connectivity index (χ0v) is 17.0. The number of nitrogens with zero attached hydrogens (tertiary/aromatic N) is 4. The number of esters is 1. The first-order chi connectivity index (χ1) is 13.4. The van der Waals surface area contributed by atoms with Gasteiger partial charge in [-0.05, 0) is 49.8 Å². The molecule has 1 atom stereocenters. The molecule has 0 fully saturated rings. The van der Waals surface area contributed by atoms with Crippen LogP contribution in [-0.2, 0) is 9.53 Å². The SMILES string of the molecule is CCOC(=O)C1=C(CSc2nnnn2-c2ccc(C)cc2C)NC(=O)NC1C. The zero-order chi connectivity index (χ0) is 20.3. The highest BCUT2D eigenvalue weighted by Gasteiger charge is 2.30. The standard InChI is InChI=1S/C18H22N6O3S/c1-5-27-16(25)15-12(4)19-17(26)20-13(15)9-28-18-21-22-23-24(18)14-7-6-10(2)8-11(14)3/h6-8,12H,5,9H2,1-4H3,(H2,19,20,26). The lowest BCUT2D eigenvalue weighted by molar-refractivity contribution is -0.138. The number of rotatable bonds is 6. The topological polar surface area (TPSA) is 111 Å². The van der Waals surface area contributed by atoms with E-state index in [0.29, 0.717) is 22.2 Å². The van der Waals surface area contributed by atoms with Crippen molar-refractivity contribution < 1.29 is 14.3 Å². The molecule has 2 amide bonds. The molecule has 2 N–H and O–H groups in total. The highest BCUT2D eigenvalue weighted by molar-refractivity contribution is 7.99. The van der Waals surface area contributed by atoms with Crippen molar-refractivity contribution in [2.45, 2.75) is 38.9 Å². The van der Waals surface area contributed by atoms with Gasteiger partial charge in [0, 0.05) is 11.4 Å². The van der Waals surface area contributed by atoms with Crippen molar-refractivity contribution >= 4 is 23.8 Å². The van der Waals surface area contributed by atoms with Crippen molar-refractivity contribution in [2.75, 3.05) is 12.4 Å². The Balaban J connectivity index is 1.86. The lowest BCUT2D eigenvalue weighted by Gasteiger charge is -2.26. The van der Waals surface area contributed by atoms with E-state index in [1.165, 1.54) is 11.8 Å². The average Bonchev–Trinajstić information content (AvgIpc) is 3.07. The smallest absolute Gasteiger partial charge is 0.337 e. The third-order valence-corrected chi connectivity index (χ3v) is 5.18. The van der Waals surface area contributed by atoms with Gasteiger partial charge in [-0.3, -0.25) is 0 Å². The molecule has 9 nitrogen and oxygen atoms in total. The van der Waals surface area contributed by atoms with Crippen LogP contribution in [0, 0.1) is 13.8 Å². The van der Waals surface area contributed by atoms with Crippen LogP contribution in [0.2, 0.25) is 0 Å². The molecule has 2 heterocycles. The molecule has 1 aliphatic heterocycles. The van der Waals surface area contributed by atoms with Crippen LogP contribution in [0.4, 0.5) is 4.79 Å². The number of aryl methyl sites for hydroxylation is 2. The largest absolute Gasteiger partial charge is 0.463 e. The summed E-state index contributed by atoms with van der Waals surface area (Å²) in [4.78, 5) is 24.2. The van der Waals surface area contributed by atoms with E-state index in [9.17, 15) is 9.59 Å². The van der Waals surface area contributed by atoms with E-state index in [-0.39, 0.29) is 12.6 Å². The van der Waals surface area contributed by atoms with Crippen LogP contribution in [0.25, 0.3) is 5.69 Å². The fourth-order valence-electron chi connectivity index (χ4n) is 2.99. The molecule has 2 aromatic rings. The number of aromatic nitrogens is 4. The molecule has 1 aliphatic rings. The van der Waals surface area contributed by atoms with Gasteiger partial charge >= 0.3 is 12.0 Å². The van der Waals surface area contributed by atoms with Gasteiger partial charge in [-0.1, -0.05) is 29.5 Å². The van der Waals surface area contributed by atoms with E-state index in [4.69, 9.17) is 4.74 Å². The number of carbonyl (C=O) groups is 2. The summed E-state index contributed by atoms with van der Waals surface area (Å²) in [5.41, 5.74) is 3.97. The van der Waals surface area contributed by atoms with Crippen molar-refractivity contribution in [3.8, 4) is 5.69 Å². The van der Waals surface area contributed by atoms with Crippen LogP contribution in [-0.4, -0.2) is 50.6 Å². The number of hydrogen-bond donors (Lipinski definition) is 2. The van der Waals surface area contributed by atoms with E-state index >= 15 is 0 Å². The molecule has 0 saturated carbocycles. The molecule has 1 aromatic heterocycles. The quantitative estimate of drug-likeness (QED) is 0.561. The highest BCUT2D eigenvalue weighted by Crippen LogP contribution is 2.25. The van der Waals surface area contributed by atoms with E-state index in [1.807, 2.05) is 26.0 Å². The maximum atomic E-state index is 12.3. The third-order valence-electron chi connectivity index (χ3n) is 4.23. The molecule has 0 aliphatic carbocycles. The van der Waals surface area contributed by atoms with Gasteiger partial charge in [-0.15, -0.1) is 5.10 Å². The first kappa shape index (κ1) is 19.9. The van der Waals surface area contributed by atoms with Crippen molar-refractivity contribution in [3.05, 3.63) is 40.6 Å². The Morgan fingerprint density at radius 3 is 2.86 bits per heavy atom. The Labute approximate surface area is 166 Å². The summed E-state index contributed by atoms with van der Waals surface area (Å²) >= 11 is 1.33. The third kappa shape index (κ3) is 4.16. The normalized spacial score (nSPS) is 16.6. The summed E-state index contributed by atoms with van der Waals surface area (Å²) in [7, 11) is 0. The highest BCUT2D eigenvalue weighted by atomic mass is 32.2. The maximum absolute atomic E-state index is 12.3. The molecule has 1 unspecified atom stereocenters. The van der Waals surface area contributed by atoms with Gasteiger partial charge < -0.3 is 15.4 Å². The number of thioether (sulfide) groups is 1. The lowest BCUT2D eigenvalue weighted by Crippen LogP contribution is -2.49. The fraction of sp³-hybridized carbons (Fsp3) is 0.389. The average molecular weight is 402 g/mol. The molecule has 28 heavy (non-hydrogen) atoms. The number of hydrogen-bond acceptors (Lipinski definition) is 7. The fourth-order valence-corrected chi connectivity index (χ4v) is 3.85. The summed E-state index contributed by atoms with van der Waals surface area (Å²) in [6.07, 6.45) is 0. The number of benzene rings is 1. The van der Waals surface area contributed by atoms with Crippen molar-refractivity contribution in [1.29, 1.82) is 0 Å². The minimum absolute atomic E-state index is 0.258. The molecule has 0 saturated heterocycles. The zero-order valence-electron chi connectivity index (χ0n) is 16.1. The van der Waals surface area contributed by atoms with Crippen molar-refractivity contribution in [1.82, 2.24) is 30.8 Å². The Morgan fingerprint density at radius 2 is 2.14 bits per heavy atom. The van der Waals surface area contributed by atoms with Gasteiger partial charge in [-0.25, -0.2) is 9.59 Å². The maximum Gasteiger partial charge on any atom is 0.337 e. The van der Waals surface area contributed by atoms with Gasteiger partial charge in [0.25, 0.3) is 0 Å². The van der Waals surface area contributed by atoms with E-state index < -0.39 is 12.0 Å². The van der Waals surface area contributed by atoms with Gasteiger partial charge in [0.1, 0.15) is 0 Å². The van der Waals surface area contributed by atoms with Gasteiger partial charge in [-0.2, -0.15) is 4.68 Å². The second kappa shape index (κ2) is 8.42. The minimum atomic E-state index is -0.452. The van der Waals surface area contributed by atoms with E-state index in [2.05, 4.69) is 32.2 Å². The lowest BCUT2D eigenvalue weighted by atomic mass is 10.1. The molecule has 10 heteroatoms. The predicted octanol–water partition coefficient (Wildman–Crippen LogP) is 1.89. The van der Waals surface area contributed by atoms with Crippen LogP contribution in [0.3, 0.4) is 0 Å². The van der Waals surface area contributed by atoms with Crippen LogP contribution < -0.4 is 10.6 Å². The van der Waals surface area contributed by atoms with Gasteiger partial charge in [0.05, 0.1) is 23.9 Å². The summed E-state index contributed by atoms with van der Waals surface area (Å²) in [6.45, 7) is 7.76. The number of amides is 2. The Bertz CT molecular complexity index is 939. The Morgan fingerprint density at radius 1 is 1.36 bits per heavy atom. The summed E-state index contributed by atoms with van der Waals surface area (Å²) in [5.74, 6) is -0.135. The summed E-state index contributed by atoms with van der Waals surface area (Å²) < 4.78 is 6.78. The van der Waals surface area contributed by atoms with Crippen LogP contribution in [0.5, 0.6) is 0 Å².